The van der Waals surface area contributed by atoms with Gasteiger partial charge in [-0.05, 0) is 77.0 Å². The van der Waals surface area contributed by atoms with E-state index in [0.717, 1.165) is 70.6 Å². The van der Waals surface area contributed by atoms with Crippen molar-refractivity contribution < 1.29 is 28.6 Å². The Bertz CT molecular complexity index is 1190. The zero-order valence-corrected chi connectivity index (χ0v) is 47.8. The molecule has 0 fully saturated rings. The van der Waals surface area contributed by atoms with Crippen LogP contribution in [0.4, 0.5) is 0 Å². The Hall–Kier alpha value is -2.37. The molecular formula is C65H120O6. The van der Waals surface area contributed by atoms with Crippen LogP contribution in [0, 0.1) is 0 Å². The Morgan fingerprint density at radius 1 is 0.282 bits per heavy atom. The van der Waals surface area contributed by atoms with Crippen LogP contribution in [0.15, 0.2) is 36.5 Å². The van der Waals surface area contributed by atoms with Gasteiger partial charge in [0.1, 0.15) is 13.2 Å². The third-order valence-corrected chi connectivity index (χ3v) is 14.1. The second-order valence-corrected chi connectivity index (χ2v) is 21.3. The van der Waals surface area contributed by atoms with E-state index < -0.39 is 6.10 Å². The molecule has 0 N–H and O–H groups in total. The molecular weight excluding hydrogens is 877 g/mol. The number of ether oxygens (including phenoxy) is 3. The molecule has 0 amide bonds. The molecule has 6 heteroatoms. The number of esters is 3. The first-order chi connectivity index (χ1) is 35.0. The highest BCUT2D eigenvalue weighted by atomic mass is 16.6. The molecule has 0 heterocycles. The van der Waals surface area contributed by atoms with Crippen molar-refractivity contribution in [2.24, 2.45) is 0 Å². The lowest BCUT2D eigenvalue weighted by Gasteiger charge is -2.18. The average Bonchev–Trinajstić information content (AvgIpc) is 3.37. The van der Waals surface area contributed by atoms with Crippen molar-refractivity contribution in [2.75, 3.05) is 13.2 Å². The Morgan fingerprint density at radius 3 is 0.789 bits per heavy atom. The average molecular weight is 998 g/mol. The number of hydrogen-bond donors (Lipinski definition) is 0. The van der Waals surface area contributed by atoms with Gasteiger partial charge < -0.3 is 14.2 Å². The smallest absolute Gasteiger partial charge is 0.306 e. The molecule has 1 atom stereocenters. The fourth-order valence-corrected chi connectivity index (χ4v) is 9.35. The third kappa shape index (κ3) is 58.4. The van der Waals surface area contributed by atoms with E-state index in [-0.39, 0.29) is 31.1 Å². The Labute approximate surface area is 442 Å². The van der Waals surface area contributed by atoms with Crippen molar-refractivity contribution in [1.82, 2.24) is 0 Å². The number of carbonyl (C=O) groups is 3. The number of rotatable bonds is 58. The van der Waals surface area contributed by atoms with Crippen molar-refractivity contribution >= 4 is 17.9 Å². The Balaban J connectivity index is 4.01. The number of allylic oxidation sites excluding steroid dienone is 6. The molecule has 0 rings (SSSR count). The standard InChI is InChI=1S/C65H120O6/c1-4-7-10-13-16-19-21-23-25-26-27-28-29-30-31-32-33-34-35-36-37-38-39-40-41-43-44-46-49-52-55-58-64(67)70-61-62(60-69-63(66)57-54-51-48-18-15-12-9-6-3)71-65(68)59-56-53-50-47-45-42-24-22-20-17-14-11-8-5-2/h21-24,26-27,62H,4-20,25,28-61H2,1-3H3/b23-21-,24-22-,27-26-. The van der Waals surface area contributed by atoms with Crippen LogP contribution in [0.2, 0.25) is 0 Å². The van der Waals surface area contributed by atoms with Gasteiger partial charge in [-0.1, -0.05) is 282 Å². The van der Waals surface area contributed by atoms with Gasteiger partial charge in [-0.3, -0.25) is 14.4 Å². The van der Waals surface area contributed by atoms with E-state index in [1.165, 1.54) is 231 Å². The van der Waals surface area contributed by atoms with Crippen molar-refractivity contribution in [1.29, 1.82) is 0 Å². The minimum absolute atomic E-state index is 0.0707. The quantitative estimate of drug-likeness (QED) is 0.0261. The lowest BCUT2D eigenvalue weighted by atomic mass is 10.0. The normalized spacial score (nSPS) is 12.2. The molecule has 0 radical (unpaired) electrons. The lowest BCUT2D eigenvalue weighted by molar-refractivity contribution is -0.167. The summed E-state index contributed by atoms with van der Waals surface area (Å²) in [6.07, 6.45) is 73.3. The fourth-order valence-electron chi connectivity index (χ4n) is 9.35. The SMILES string of the molecule is CCCCCCC/C=C\C/C=C\CCCCCCCCCCCCCCCCCCCCCC(=O)OCC(COC(=O)CCCCCCCCCC)OC(=O)CCCCCCC/C=C\CCCCCCC. The van der Waals surface area contributed by atoms with Gasteiger partial charge in [-0.2, -0.15) is 0 Å². The summed E-state index contributed by atoms with van der Waals surface area (Å²) >= 11 is 0. The van der Waals surface area contributed by atoms with Gasteiger partial charge in [0, 0.05) is 19.3 Å². The molecule has 0 saturated heterocycles. The van der Waals surface area contributed by atoms with Crippen LogP contribution in [0.1, 0.15) is 342 Å². The maximum Gasteiger partial charge on any atom is 0.306 e. The first kappa shape index (κ1) is 68.6. The molecule has 0 aromatic carbocycles. The summed E-state index contributed by atoms with van der Waals surface area (Å²) in [6, 6.07) is 0. The Kier molecular flexibility index (Phi) is 58.2. The molecule has 0 aromatic heterocycles. The summed E-state index contributed by atoms with van der Waals surface area (Å²) < 4.78 is 16.8. The van der Waals surface area contributed by atoms with Crippen molar-refractivity contribution in [3.05, 3.63) is 36.5 Å². The fraction of sp³-hybridized carbons (Fsp3) is 0.862. The van der Waals surface area contributed by atoms with E-state index in [0.29, 0.717) is 19.3 Å². The van der Waals surface area contributed by atoms with Gasteiger partial charge in [-0.25, -0.2) is 0 Å². The molecule has 416 valence electrons. The molecule has 0 bridgehead atoms. The molecule has 0 aliphatic rings. The van der Waals surface area contributed by atoms with Gasteiger partial charge in [0.05, 0.1) is 0 Å². The predicted molar refractivity (Wildman–Crippen MR) is 307 cm³/mol. The van der Waals surface area contributed by atoms with Gasteiger partial charge >= 0.3 is 17.9 Å². The zero-order valence-electron chi connectivity index (χ0n) is 47.8. The van der Waals surface area contributed by atoms with E-state index in [1.54, 1.807) is 0 Å². The molecule has 0 spiro atoms. The van der Waals surface area contributed by atoms with Crippen LogP contribution in [-0.2, 0) is 28.6 Å². The van der Waals surface area contributed by atoms with Gasteiger partial charge in [-0.15, -0.1) is 0 Å². The number of unbranched alkanes of at least 4 members (excludes halogenated alkanes) is 41. The van der Waals surface area contributed by atoms with Crippen LogP contribution >= 0.6 is 0 Å². The van der Waals surface area contributed by atoms with E-state index in [4.69, 9.17) is 14.2 Å². The highest BCUT2D eigenvalue weighted by Crippen LogP contribution is 2.17. The molecule has 1 unspecified atom stereocenters. The van der Waals surface area contributed by atoms with E-state index >= 15 is 0 Å². The Morgan fingerprint density at radius 2 is 0.507 bits per heavy atom. The van der Waals surface area contributed by atoms with Crippen LogP contribution < -0.4 is 0 Å². The van der Waals surface area contributed by atoms with Gasteiger partial charge in [0.15, 0.2) is 6.10 Å². The highest BCUT2D eigenvalue weighted by Gasteiger charge is 2.19. The van der Waals surface area contributed by atoms with Crippen LogP contribution in [0.5, 0.6) is 0 Å². The summed E-state index contributed by atoms with van der Waals surface area (Å²) in [4.78, 5) is 38.0. The minimum Gasteiger partial charge on any atom is -0.462 e. The zero-order chi connectivity index (χ0) is 51.4. The van der Waals surface area contributed by atoms with Crippen molar-refractivity contribution in [3.8, 4) is 0 Å². The largest absolute Gasteiger partial charge is 0.462 e. The van der Waals surface area contributed by atoms with Crippen LogP contribution in [0.25, 0.3) is 0 Å². The molecule has 0 aliphatic carbocycles. The van der Waals surface area contributed by atoms with E-state index in [9.17, 15) is 14.4 Å². The van der Waals surface area contributed by atoms with Crippen LogP contribution in [-0.4, -0.2) is 37.2 Å². The maximum absolute atomic E-state index is 12.8. The van der Waals surface area contributed by atoms with Crippen LogP contribution in [0.3, 0.4) is 0 Å². The lowest BCUT2D eigenvalue weighted by Crippen LogP contribution is -2.30. The number of carbonyl (C=O) groups excluding carboxylic acids is 3. The van der Waals surface area contributed by atoms with E-state index in [1.807, 2.05) is 0 Å². The van der Waals surface area contributed by atoms with Crippen molar-refractivity contribution in [3.63, 3.8) is 0 Å². The first-order valence-corrected chi connectivity index (χ1v) is 31.5. The highest BCUT2D eigenvalue weighted by molar-refractivity contribution is 5.71. The second-order valence-electron chi connectivity index (χ2n) is 21.3. The summed E-state index contributed by atoms with van der Waals surface area (Å²) in [6.45, 7) is 6.62. The topological polar surface area (TPSA) is 78.9 Å². The molecule has 0 saturated carbocycles. The molecule has 0 aliphatic heterocycles. The minimum atomic E-state index is -0.770. The summed E-state index contributed by atoms with van der Waals surface area (Å²) in [7, 11) is 0. The second kappa shape index (κ2) is 60.2. The third-order valence-electron chi connectivity index (χ3n) is 14.1. The van der Waals surface area contributed by atoms with E-state index in [2.05, 4.69) is 57.2 Å². The number of hydrogen-bond acceptors (Lipinski definition) is 6. The molecule has 6 nitrogen and oxygen atoms in total. The van der Waals surface area contributed by atoms with Crippen molar-refractivity contribution in [2.45, 2.75) is 348 Å². The summed E-state index contributed by atoms with van der Waals surface area (Å²) in [5.74, 6) is -0.866. The first-order valence-electron chi connectivity index (χ1n) is 31.5. The monoisotopic (exact) mass is 997 g/mol. The molecule has 71 heavy (non-hydrogen) atoms. The summed E-state index contributed by atoms with van der Waals surface area (Å²) in [5.41, 5.74) is 0. The molecule has 0 aromatic rings. The van der Waals surface area contributed by atoms with Gasteiger partial charge in [0.25, 0.3) is 0 Å². The van der Waals surface area contributed by atoms with Gasteiger partial charge in [0.2, 0.25) is 0 Å². The maximum atomic E-state index is 12.8. The predicted octanol–water partition coefficient (Wildman–Crippen LogP) is 21.2. The summed E-state index contributed by atoms with van der Waals surface area (Å²) in [5, 5.41) is 0.